The highest BCUT2D eigenvalue weighted by molar-refractivity contribution is 5.99. The first kappa shape index (κ1) is 24.3. The molecule has 7 heteroatoms. The summed E-state index contributed by atoms with van der Waals surface area (Å²) in [5.41, 5.74) is 1.57. The summed E-state index contributed by atoms with van der Waals surface area (Å²) in [4.78, 5) is 29.1. The molecule has 0 aliphatic rings. The number of hydrogen-bond acceptors (Lipinski definition) is 6. The number of ketones is 1. The molecular weight excluding hydrogens is 401 g/mol. The largest absolute Gasteiger partial charge is 0.503 e. The molecule has 0 radical (unpaired) electrons. The molecular formula is C24H30FNO5. The number of hydrogen-bond donors (Lipinski definition) is 1. The third kappa shape index (κ3) is 5.81. The third-order valence-electron chi connectivity index (χ3n) is 5.39. The Morgan fingerprint density at radius 1 is 1.16 bits per heavy atom. The highest BCUT2D eigenvalue weighted by atomic mass is 19.1. The van der Waals surface area contributed by atoms with Crippen molar-refractivity contribution in [1.29, 1.82) is 0 Å². The molecule has 0 saturated carbocycles. The van der Waals surface area contributed by atoms with E-state index in [1.807, 2.05) is 20.8 Å². The molecule has 0 aliphatic heterocycles. The number of nitrogens with zero attached hydrogens (tertiary/aromatic N) is 1. The summed E-state index contributed by atoms with van der Waals surface area (Å²) in [5.74, 6) is -2.45. The van der Waals surface area contributed by atoms with Gasteiger partial charge in [-0.25, -0.2) is 9.37 Å². The summed E-state index contributed by atoms with van der Waals surface area (Å²) in [7, 11) is 1.37. The first-order chi connectivity index (χ1) is 14.6. The molecule has 1 N–H and O–H groups in total. The lowest BCUT2D eigenvalue weighted by Crippen LogP contribution is -2.30. The van der Waals surface area contributed by atoms with E-state index in [0.29, 0.717) is 0 Å². The van der Waals surface area contributed by atoms with Crippen molar-refractivity contribution in [2.24, 2.45) is 11.8 Å². The fourth-order valence-corrected chi connectivity index (χ4v) is 3.76. The molecule has 31 heavy (non-hydrogen) atoms. The van der Waals surface area contributed by atoms with Gasteiger partial charge in [0.15, 0.2) is 23.0 Å². The van der Waals surface area contributed by atoms with E-state index in [1.165, 1.54) is 31.5 Å². The van der Waals surface area contributed by atoms with Gasteiger partial charge in [0.1, 0.15) is 11.9 Å². The van der Waals surface area contributed by atoms with Crippen molar-refractivity contribution < 1.29 is 28.6 Å². The number of carbonyl (C=O) groups excluding carboxylic acids is 2. The number of ether oxygens (including phenoxy) is 2. The summed E-state index contributed by atoms with van der Waals surface area (Å²) in [6.45, 7) is 9.24. The minimum absolute atomic E-state index is 0.0955. The van der Waals surface area contributed by atoms with Crippen LogP contribution in [0.2, 0.25) is 0 Å². The van der Waals surface area contributed by atoms with E-state index >= 15 is 0 Å². The van der Waals surface area contributed by atoms with E-state index < -0.39 is 23.8 Å². The molecule has 1 heterocycles. The number of benzene rings is 1. The zero-order chi connectivity index (χ0) is 23.3. The molecule has 0 aliphatic carbocycles. The smallest absolute Gasteiger partial charge is 0.309 e. The van der Waals surface area contributed by atoms with Crippen LogP contribution in [0.4, 0.5) is 4.39 Å². The number of aryl methyl sites for hydroxylation is 1. The summed E-state index contributed by atoms with van der Waals surface area (Å²) in [6.07, 6.45) is 0.657. The van der Waals surface area contributed by atoms with E-state index in [1.54, 1.807) is 19.9 Å². The quantitative estimate of drug-likeness (QED) is 0.452. The van der Waals surface area contributed by atoms with Gasteiger partial charge in [0.2, 0.25) is 0 Å². The topological polar surface area (TPSA) is 85.7 Å². The van der Waals surface area contributed by atoms with E-state index in [4.69, 9.17) is 9.47 Å². The average molecular weight is 432 g/mol. The summed E-state index contributed by atoms with van der Waals surface area (Å²) in [5, 5.41) is 10.1. The van der Waals surface area contributed by atoms with Crippen molar-refractivity contribution in [3.63, 3.8) is 0 Å². The monoisotopic (exact) mass is 431 g/mol. The van der Waals surface area contributed by atoms with Crippen LogP contribution in [0.3, 0.4) is 0 Å². The first-order valence-corrected chi connectivity index (χ1v) is 10.3. The summed E-state index contributed by atoms with van der Waals surface area (Å²) < 4.78 is 24.5. The Morgan fingerprint density at radius 3 is 2.45 bits per heavy atom. The van der Waals surface area contributed by atoms with Gasteiger partial charge >= 0.3 is 5.97 Å². The van der Waals surface area contributed by atoms with Crippen LogP contribution in [0.5, 0.6) is 11.5 Å². The van der Waals surface area contributed by atoms with Gasteiger partial charge in [0, 0.05) is 24.6 Å². The van der Waals surface area contributed by atoms with E-state index in [0.717, 1.165) is 11.1 Å². The average Bonchev–Trinajstić information content (AvgIpc) is 2.70. The Balaban J connectivity index is 2.12. The molecule has 0 fully saturated rings. The van der Waals surface area contributed by atoms with Gasteiger partial charge in [-0.3, -0.25) is 9.59 Å². The highest BCUT2D eigenvalue weighted by Crippen LogP contribution is 2.33. The van der Waals surface area contributed by atoms with Gasteiger partial charge in [-0.2, -0.15) is 0 Å². The molecule has 6 nitrogen and oxygen atoms in total. The van der Waals surface area contributed by atoms with Gasteiger partial charge in [-0.1, -0.05) is 26.8 Å². The van der Waals surface area contributed by atoms with Gasteiger partial charge in [-0.15, -0.1) is 0 Å². The van der Waals surface area contributed by atoms with Gasteiger partial charge in [0.05, 0.1) is 13.0 Å². The number of methoxy groups -OCH3 is 1. The molecule has 168 valence electrons. The molecule has 3 atom stereocenters. The second kappa shape index (κ2) is 10.4. The maximum atomic E-state index is 13.8. The van der Waals surface area contributed by atoms with Gasteiger partial charge in [0.25, 0.3) is 0 Å². The van der Waals surface area contributed by atoms with Gasteiger partial charge < -0.3 is 14.6 Å². The lowest BCUT2D eigenvalue weighted by Gasteiger charge is -2.30. The Hall–Kier alpha value is -2.96. The minimum Gasteiger partial charge on any atom is -0.503 e. The molecule has 2 rings (SSSR count). The van der Waals surface area contributed by atoms with E-state index in [9.17, 15) is 19.1 Å². The molecule has 0 spiro atoms. The number of carbonyl (C=O) groups is 2. The van der Waals surface area contributed by atoms with Crippen LogP contribution < -0.4 is 4.74 Å². The van der Waals surface area contributed by atoms with Crippen molar-refractivity contribution in [3.8, 4) is 11.5 Å². The molecule has 1 aromatic carbocycles. The van der Waals surface area contributed by atoms with Crippen molar-refractivity contribution in [3.05, 3.63) is 53.1 Å². The van der Waals surface area contributed by atoms with Gasteiger partial charge in [-0.05, 0) is 43.0 Å². The molecule has 1 aromatic heterocycles. The van der Waals surface area contributed by atoms with Crippen molar-refractivity contribution in [2.45, 2.75) is 53.1 Å². The molecule has 2 aromatic rings. The SMILES string of the molecule is COc1ccnc(C(=O)C[C@@H](C)C(=O)O[C@@H](C)[C@H](c2cc(F)ccc2C)C(C)C)c1O. The van der Waals surface area contributed by atoms with Crippen LogP contribution in [-0.4, -0.2) is 35.1 Å². The second-order valence-electron chi connectivity index (χ2n) is 8.15. The predicted molar refractivity (Wildman–Crippen MR) is 115 cm³/mol. The standard InChI is InChI=1S/C24H30FNO5/c1-13(2)21(18-12-17(25)8-7-14(18)3)16(5)31-24(29)15(4)11-19(27)22-23(28)20(30-6)9-10-26-22/h7-10,12-13,15-16,21,28H,11H2,1-6H3/t15-,16+,21-/m1/s1. The van der Waals surface area contributed by atoms with Crippen molar-refractivity contribution in [2.75, 3.05) is 7.11 Å². The zero-order valence-electron chi connectivity index (χ0n) is 18.8. The molecule has 0 saturated heterocycles. The second-order valence-corrected chi connectivity index (χ2v) is 8.15. The van der Waals surface area contributed by atoms with Crippen LogP contribution in [0.1, 0.15) is 61.6 Å². The van der Waals surface area contributed by atoms with Crippen molar-refractivity contribution >= 4 is 11.8 Å². The predicted octanol–water partition coefficient (Wildman–Crippen LogP) is 4.82. The normalized spacial score (nSPS) is 14.1. The van der Waals surface area contributed by atoms with Crippen LogP contribution in [0.15, 0.2) is 30.5 Å². The number of aromatic hydroxyl groups is 1. The Bertz CT molecular complexity index is 944. The van der Waals surface area contributed by atoms with Crippen LogP contribution in [0.25, 0.3) is 0 Å². The Kier molecular flexibility index (Phi) is 8.14. The number of halogens is 1. The summed E-state index contributed by atoms with van der Waals surface area (Å²) in [6, 6.07) is 6.03. The fraction of sp³-hybridized carbons (Fsp3) is 0.458. The Labute approximate surface area is 182 Å². The number of esters is 1. The van der Waals surface area contributed by atoms with E-state index in [2.05, 4.69) is 4.98 Å². The maximum absolute atomic E-state index is 13.8. The van der Waals surface area contributed by atoms with Crippen LogP contribution in [-0.2, 0) is 9.53 Å². The zero-order valence-corrected chi connectivity index (χ0v) is 18.8. The minimum atomic E-state index is -0.747. The Morgan fingerprint density at radius 2 is 1.84 bits per heavy atom. The molecule has 0 amide bonds. The lowest BCUT2D eigenvalue weighted by molar-refractivity contribution is -0.154. The number of Topliss-reactive ketones (excluding diaryl/α,β-unsaturated/α-hetero) is 1. The van der Waals surface area contributed by atoms with Crippen LogP contribution in [0, 0.1) is 24.6 Å². The fourth-order valence-electron chi connectivity index (χ4n) is 3.76. The molecule has 0 unspecified atom stereocenters. The maximum Gasteiger partial charge on any atom is 0.309 e. The van der Waals surface area contributed by atoms with E-state index in [-0.39, 0.29) is 41.3 Å². The third-order valence-corrected chi connectivity index (χ3v) is 5.39. The number of rotatable bonds is 9. The lowest BCUT2D eigenvalue weighted by atomic mass is 9.82. The van der Waals surface area contributed by atoms with Crippen LogP contribution >= 0.6 is 0 Å². The van der Waals surface area contributed by atoms with Crippen molar-refractivity contribution in [1.82, 2.24) is 4.98 Å². The first-order valence-electron chi connectivity index (χ1n) is 10.3. The highest BCUT2D eigenvalue weighted by Gasteiger charge is 2.30. The number of aromatic nitrogens is 1. The molecule has 0 bridgehead atoms. The number of pyridine rings is 1. The summed E-state index contributed by atoms with van der Waals surface area (Å²) >= 11 is 0.